The Hall–Kier alpha value is -2.56. The molecule has 0 N–H and O–H groups in total. The zero-order valence-electron chi connectivity index (χ0n) is 11.4. The van der Waals surface area contributed by atoms with E-state index in [4.69, 9.17) is 4.74 Å². The SMILES string of the molecule is COc1ccc2nc(OS(=O)(=O)C(F)(F)F)c3nccn3c2c1. The van der Waals surface area contributed by atoms with E-state index in [1.807, 2.05) is 0 Å². The van der Waals surface area contributed by atoms with Gasteiger partial charge in [-0.2, -0.15) is 21.6 Å². The summed E-state index contributed by atoms with van der Waals surface area (Å²) in [6.07, 6.45) is 2.72. The number of imidazole rings is 1. The van der Waals surface area contributed by atoms with E-state index in [1.54, 1.807) is 6.07 Å². The number of benzene rings is 1. The molecule has 11 heteroatoms. The average Bonchev–Trinajstić information content (AvgIpc) is 2.95. The topological polar surface area (TPSA) is 82.8 Å². The van der Waals surface area contributed by atoms with Gasteiger partial charge >= 0.3 is 15.6 Å². The van der Waals surface area contributed by atoms with Gasteiger partial charge in [-0.05, 0) is 12.1 Å². The first-order chi connectivity index (χ1) is 10.7. The number of hydrogen-bond acceptors (Lipinski definition) is 6. The smallest absolute Gasteiger partial charge is 0.497 e. The molecule has 122 valence electrons. The van der Waals surface area contributed by atoms with E-state index in [-0.39, 0.29) is 11.2 Å². The van der Waals surface area contributed by atoms with Gasteiger partial charge in [0.1, 0.15) is 5.75 Å². The molecule has 0 aliphatic rings. The average molecular weight is 347 g/mol. The van der Waals surface area contributed by atoms with Crippen molar-refractivity contribution < 1.29 is 30.5 Å². The summed E-state index contributed by atoms with van der Waals surface area (Å²) in [7, 11) is -4.39. The van der Waals surface area contributed by atoms with Gasteiger partial charge in [0.2, 0.25) is 5.65 Å². The number of ether oxygens (including phenoxy) is 1. The summed E-state index contributed by atoms with van der Waals surface area (Å²) in [5.74, 6) is -0.268. The van der Waals surface area contributed by atoms with Gasteiger partial charge < -0.3 is 8.92 Å². The minimum Gasteiger partial charge on any atom is -0.497 e. The van der Waals surface area contributed by atoms with Crippen LogP contribution in [0.4, 0.5) is 13.2 Å². The van der Waals surface area contributed by atoms with E-state index in [0.717, 1.165) is 0 Å². The number of nitrogens with zero attached hydrogens (tertiary/aromatic N) is 3. The van der Waals surface area contributed by atoms with Gasteiger partial charge in [0.05, 0.1) is 18.1 Å². The number of methoxy groups -OCH3 is 1. The molecule has 0 bridgehead atoms. The maximum atomic E-state index is 12.5. The Kier molecular flexibility index (Phi) is 3.32. The molecule has 0 unspecified atom stereocenters. The third-order valence-corrected chi connectivity index (χ3v) is 3.91. The van der Waals surface area contributed by atoms with E-state index < -0.39 is 21.5 Å². The Morgan fingerprint density at radius 1 is 1.26 bits per heavy atom. The predicted octanol–water partition coefficient (Wildman–Crippen LogP) is 2.12. The van der Waals surface area contributed by atoms with Crippen LogP contribution in [0.1, 0.15) is 0 Å². The number of rotatable bonds is 3. The Balaban J connectivity index is 2.24. The van der Waals surface area contributed by atoms with E-state index >= 15 is 0 Å². The van der Waals surface area contributed by atoms with Crippen LogP contribution in [0.3, 0.4) is 0 Å². The van der Waals surface area contributed by atoms with Crippen molar-refractivity contribution in [1.29, 1.82) is 0 Å². The van der Waals surface area contributed by atoms with Crippen LogP contribution in [0.15, 0.2) is 30.6 Å². The molecule has 0 saturated carbocycles. The summed E-state index contributed by atoms with van der Waals surface area (Å²) in [5.41, 5.74) is -5.05. The minimum atomic E-state index is -5.84. The first kappa shape index (κ1) is 15.3. The van der Waals surface area contributed by atoms with Gasteiger partial charge in [-0.3, -0.25) is 4.40 Å². The highest BCUT2D eigenvalue weighted by Gasteiger charge is 2.49. The van der Waals surface area contributed by atoms with Crippen LogP contribution >= 0.6 is 0 Å². The van der Waals surface area contributed by atoms with E-state index in [0.29, 0.717) is 11.3 Å². The second kappa shape index (κ2) is 4.98. The second-order valence-corrected chi connectivity index (χ2v) is 5.91. The van der Waals surface area contributed by atoms with Crippen molar-refractivity contribution in [2.45, 2.75) is 5.51 Å². The fourth-order valence-electron chi connectivity index (χ4n) is 1.94. The van der Waals surface area contributed by atoms with Gasteiger partial charge in [-0.25, -0.2) is 9.97 Å². The molecular weight excluding hydrogens is 339 g/mol. The summed E-state index contributed by atoms with van der Waals surface area (Å²) in [6, 6.07) is 4.57. The van der Waals surface area contributed by atoms with Crippen LogP contribution in [-0.2, 0) is 10.1 Å². The monoisotopic (exact) mass is 347 g/mol. The van der Waals surface area contributed by atoms with Gasteiger partial charge in [0.15, 0.2) is 0 Å². The summed E-state index contributed by atoms with van der Waals surface area (Å²) in [5, 5.41) is 0. The van der Waals surface area contributed by atoms with Crippen molar-refractivity contribution >= 4 is 26.8 Å². The summed E-state index contributed by atoms with van der Waals surface area (Å²) in [4.78, 5) is 7.60. The fourth-order valence-corrected chi connectivity index (χ4v) is 2.35. The predicted molar refractivity (Wildman–Crippen MR) is 72.6 cm³/mol. The van der Waals surface area contributed by atoms with E-state index in [2.05, 4.69) is 14.2 Å². The number of hydrogen-bond donors (Lipinski definition) is 0. The van der Waals surface area contributed by atoms with Crippen LogP contribution in [0.25, 0.3) is 16.7 Å². The van der Waals surface area contributed by atoms with Crippen molar-refractivity contribution in [2.75, 3.05) is 7.11 Å². The van der Waals surface area contributed by atoms with Crippen molar-refractivity contribution in [3.63, 3.8) is 0 Å². The molecule has 2 aromatic heterocycles. The van der Waals surface area contributed by atoms with Gasteiger partial charge in [0, 0.05) is 18.5 Å². The molecular formula is C12H8F3N3O4S. The summed E-state index contributed by atoms with van der Waals surface area (Å²) in [6.45, 7) is 0. The molecule has 3 rings (SSSR count). The molecule has 0 radical (unpaired) electrons. The molecule has 23 heavy (non-hydrogen) atoms. The van der Waals surface area contributed by atoms with Crippen molar-refractivity contribution in [1.82, 2.24) is 14.4 Å². The molecule has 0 atom stereocenters. The molecule has 7 nitrogen and oxygen atoms in total. The van der Waals surface area contributed by atoms with Gasteiger partial charge in [0.25, 0.3) is 5.88 Å². The number of alkyl halides is 3. The lowest BCUT2D eigenvalue weighted by molar-refractivity contribution is -0.0500. The van der Waals surface area contributed by atoms with Crippen LogP contribution in [-0.4, -0.2) is 35.4 Å². The lowest BCUT2D eigenvalue weighted by Gasteiger charge is -2.11. The fraction of sp³-hybridized carbons (Fsp3) is 0.167. The highest BCUT2D eigenvalue weighted by Crippen LogP contribution is 2.30. The molecule has 0 fully saturated rings. The number of halogens is 3. The molecule has 0 aliphatic heterocycles. The largest absolute Gasteiger partial charge is 0.534 e. The molecule has 3 aromatic rings. The van der Waals surface area contributed by atoms with Crippen molar-refractivity contribution in [2.24, 2.45) is 0 Å². The molecule has 1 aromatic carbocycles. The Labute approximate surface area is 127 Å². The van der Waals surface area contributed by atoms with Gasteiger partial charge in [-0.15, -0.1) is 0 Å². The third kappa shape index (κ3) is 2.52. The number of aromatic nitrogens is 3. The molecule has 0 amide bonds. The van der Waals surface area contributed by atoms with Crippen LogP contribution in [0.2, 0.25) is 0 Å². The summed E-state index contributed by atoms with van der Waals surface area (Å²) >= 11 is 0. The quantitative estimate of drug-likeness (QED) is 0.533. The van der Waals surface area contributed by atoms with Crippen molar-refractivity contribution in [3.05, 3.63) is 30.6 Å². The second-order valence-electron chi connectivity index (χ2n) is 4.38. The minimum absolute atomic E-state index is 0.168. The number of fused-ring (bicyclic) bond motifs is 3. The standard InChI is InChI=1S/C12H8F3N3O4S/c1-21-7-2-3-8-9(6-7)18-5-4-16-10(18)11(17-8)22-23(19,20)12(13,14)15/h2-6H,1H3. The first-order valence-corrected chi connectivity index (χ1v) is 7.45. The Morgan fingerprint density at radius 3 is 2.65 bits per heavy atom. The maximum Gasteiger partial charge on any atom is 0.534 e. The van der Waals surface area contributed by atoms with Crippen LogP contribution in [0, 0.1) is 0 Å². The zero-order chi connectivity index (χ0) is 16.8. The van der Waals surface area contributed by atoms with E-state index in [9.17, 15) is 21.6 Å². The van der Waals surface area contributed by atoms with E-state index in [1.165, 1.54) is 36.0 Å². The molecule has 0 saturated heterocycles. The molecule has 0 spiro atoms. The first-order valence-electron chi connectivity index (χ1n) is 6.04. The maximum absolute atomic E-state index is 12.5. The highest BCUT2D eigenvalue weighted by molar-refractivity contribution is 7.88. The third-order valence-electron chi connectivity index (χ3n) is 2.97. The van der Waals surface area contributed by atoms with Crippen LogP contribution < -0.4 is 8.92 Å². The molecule has 0 aliphatic carbocycles. The Morgan fingerprint density at radius 2 is 2.00 bits per heavy atom. The zero-order valence-corrected chi connectivity index (χ0v) is 12.2. The lowest BCUT2D eigenvalue weighted by Crippen LogP contribution is -2.28. The highest BCUT2D eigenvalue weighted by atomic mass is 32.2. The Bertz CT molecular complexity index is 998. The van der Waals surface area contributed by atoms with Gasteiger partial charge in [-0.1, -0.05) is 0 Å². The van der Waals surface area contributed by atoms with Crippen LogP contribution in [0.5, 0.6) is 11.6 Å². The normalized spacial score (nSPS) is 12.7. The summed E-state index contributed by atoms with van der Waals surface area (Å²) < 4.78 is 70.3. The lowest BCUT2D eigenvalue weighted by atomic mass is 10.3. The van der Waals surface area contributed by atoms with Crippen molar-refractivity contribution in [3.8, 4) is 11.6 Å². The molecule has 2 heterocycles.